The van der Waals surface area contributed by atoms with Gasteiger partial charge in [-0.25, -0.2) is 0 Å². The van der Waals surface area contributed by atoms with Gasteiger partial charge in [-0.05, 0) is 50.9 Å². The Morgan fingerprint density at radius 3 is 2.65 bits per heavy atom. The highest BCUT2D eigenvalue weighted by atomic mass is 16.5. The third-order valence-corrected chi connectivity index (χ3v) is 4.62. The highest BCUT2D eigenvalue weighted by Gasteiger charge is 2.30. The Hall–Kier alpha value is -2.01. The molecule has 1 aromatic heterocycles. The van der Waals surface area contributed by atoms with E-state index in [0.29, 0.717) is 6.04 Å². The summed E-state index contributed by atoms with van der Waals surface area (Å²) >= 11 is 0. The molecule has 1 aliphatic heterocycles. The molecule has 2 heterocycles. The smallest absolute Gasteiger partial charge is 0.161 e. The minimum atomic E-state index is 0.384. The molecule has 0 radical (unpaired) electrons. The third-order valence-electron chi connectivity index (χ3n) is 4.62. The number of ether oxygens (including phenoxy) is 2. The molecule has 5 heteroatoms. The first-order chi connectivity index (χ1) is 11.1. The maximum absolute atomic E-state index is 5.41. The van der Waals surface area contributed by atoms with Crippen LogP contribution in [0.4, 0.5) is 0 Å². The Labute approximate surface area is 137 Å². The van der Waals surface area contributed by atoms with Crippen LogP contribution in [-0.2, 0) is 6.54 Å². The molecule has 0 unspecified atom stereocenters. The standard InChI is InChI=1S/C18H24N2O3/c1-12-18(13(2)23-19-12)15-6-5-9-20(15)11-14-7-8-16(21-3)17(10-14)22-4/h7-8,10,15H,5-6,9,11H2,1-4H3/t15-/m0/s1. The molecule has 1 aliphatic rings. The van der Waals surface area contributed by atoms with E-state index in [1.165, 1.54) is 17.5 Å². The molecular formula is C18H24N2O3. The highest BCUT2D eigenvalue weighted by Crippen LogP contribution is 2.37. The van der Waals surface area contributed by atoms with E-state index in [-0.39, 0.29) is 0 Å². The summed E-state index contributed by atoms with van der Waals surface area (Å²) in [6.45, 7) is 6.00. The number of rotatable bonds is 5. The Morgan fingerprint density at radius 2 is 2.00 bits per heavy atom. The molecule has 0 N–H and O–H groups in total. The fourth-order valence-electron chi connectivity index (χ4n) is 3.52. The van der Waals surface area contributed by atoms with Gasteiger partial charge in [0, 0.05) is 18.2 Å². The maximum atomic E-state index is 5.41. The van der Waals surface area contributed by atoms with Crippen LogP contribution in [-0.4, -0.2) is 30.8 Å². The van der Waals surface area contributed by atoms with Gasteiger partial charge in [0.1, 0.15) is 5.76 Å². The number of benzene rings is 1. The van der Waals surface area contributed by atoms with E-state index in [1.54, 1.807) is 14.2 Å². The molecule has 1 atom stereocenters. The monoisotopic (exact) mass is 316 g/mol. The SMILES string of the molecule is COc1ccc(CN2CCC[C@H]2c2c(C)noc2C)cc1OC. The lowest BCUT2D eigenvalue weighted by Crippen LogP contribution is -2.23. The van der Waals surface area contributed by atoms with Crippen LogP contribution in [0.2, 0.25) is 0 Å². The Kier molecular flexibility index (Phi) is 4.57. The number of hydrogen-bond acceptors (Lipinski definition) is 5. The van der Waals surface area contributed by atoms with E-state index >= 15 is 0 Å². The summed E-state index contributed by atoms with van der Waals surface area (Å²) in [5.41, 5.74) is 3.48. The number of methoxy groups -OCH3 is 2. The van der Waals surface area contributed by atoms with E-state index in [9.17, 15) is 0 Å². The van der Waals surface area contributed by atoms with Gasteiger partial charge in [-0.1, -0.05) is 11.2 Å². The summed E-state index contributed by atoms with van der Waals surface area (Å²) in [6, 6.07) is 6.51. The van der Waals surface area contributed by atoms with Gasteiger partial charge in [0.05, 0.1) is 19.9 Å². The lowest BCUT2D eigenvalue weighted by Gasteiger charge is -2.25. The molecule has 0 amide bonds. The molecule has 124 valence electrons. The van der Waals surface area contributed by atoms with Crippen molar-refractivity contribution < 1.29 is 14.0 Å². The molecule has 1 aromatic carbocycles. The van der Waals surface area contributed by atoms with E-state index in [1.807, 2.05) is 19.9 Å². The van der Waals surface area contributed by atoms with Crippen LogP contribution in [0, 0.1) is 13.8 Å². The summed E-state index contributed by atoms with van der Waals surface area (Å²) in [5, 5.41) is 4.11. The van der Waals surface area contributed by atoms with Crippen molar-refractivity contribution in [2.24, 2.45) is 0 Å². The first kappa shape index (κ1) is 15.9. The Morgan fingerprint density at radius 1 is 1.22 bits per heavy atom. The molecule has 0 aliphatic carbocycles. The predicted molar refractivity (Wildman–Crippen MR) is 87.9 cm³/mol. The average molecular weight is 316 g/mol. The second-order valence-corrected chi connectivity index (χ2v) is 6.06. The molecule has 1 saturated heterocycles. The first-order valence-corrected chi connectivity index (χ1v) is 8.01. The summed E-state index contributed by atoms with van der Waals surface area (Å²) in [7, 11) is 3.33. The van der Waals surface area contributed by atoms with Gasteiger partial charge in [-0.2, -0.15) is 0 Å². The molecular weight excluding hydrogens is 292 g/mol. The third kappa shape index (κ3) is 3.06. The molecule has 3 rings (SSSR count). The molecule has 2 aromatic rings. The van der Waals surface area contributed by atoms with Gasteiger partial charge in [0.2, 0.25) is 0 Å². The second-order valence-electron chi connectivity index (χ2n) is 6.06. The molecule has 23 heavy (non-hydrogen) atoms. The second kappa shape index (κ2) is 6.62. The van der Waals surface area contributed by atoms with Gasteiger partial charge in [-0.15, -0.1) is 0 Å². The van der Waals surface area contributed by atoms with Crippen LogP contribution in [0.3, 0.4) is 0 Å². The van der Waals surface area contributed by atoms with Crippen molar-refractivity contribution in [3.05, 3.63) is 40.8 Å². The molecule has 1 fully saturated rings. The topological polar surface area (TPSA) is 47.7 Å². The van der Waals surface area contributed by atoms with Crippen LogP contribution in [0.15, 0.2) is 22.7 Å². The molecule has 0 saturated carbocycles. The van der Waals surface area contributed by atoms with E-state index in [4.69, 9.17) is 14.0 Å². The van der Waals surface area contributed by atoms with Crippen LogP contribution in [0.1, 0.15) is 41.5 Å². The van der Waals surface area contributed by atoms with Crippen molar-refractivity contribution in [3.8, 4) is 11.5 Å². The fourth-order valence-corrected chi connectivity index (χ4v) is 3.52. The minimum absolute atomic E-state index is 0.384. The van der Waals surface area contributed by atoms with Crippen molar-refractivity contribution in [2.75, 3.05) is 20.8 Å². The van der Waals surface area contributed by atoms with E-state index in [0.717, 1.165) is 42.5 Å². The number of nitrogens with zero attached hydrogens (tertiary/aromatic N) is 2. The summed E-state index contributed by atoms with van der Waals surface area (Å²) in [4.78, 5) is 2.49. The predicted octanol–water partition coefficient (Wildman–Crippen LogP) is 3.65. The van der Waals surface area contributed by atoms with Gasteiger partial charge in [-0.3, -0.25) is 4.90 Å². The number of hydrogen-bond donors (Lipinski definition) is 0. The van der Waals surface area contributed by atoms with E-state index < -0.39 is 0 Å². The Bertz CT molecular complexity index is 661. The zero-order valence-electron chi connectivity index (χ0n) is 14.3. The summed E-state index contributed by atoms with van der Waals surface area (Å²) < 4.78 is 16.1. The summed E-state index contributed by atoms with van der Waals surface area (Å²) in [6.07, 6.45) is 2.35. The molecule has 0 bridgehead atoms. The fraction of sp³-hybridized carbons (Fsp3) is 0.500. The van der Waals surface area contributed by atoms with E-state index in [2.05, 4.69) is 22.2 Å². The van der Waals surface area contributed by atoms with Crippen molar-refractivity contribution in [1.29, 1.82) is 0 Å². The van der Waals surface area contributed by atoms with Crippen LogP contribution in [0.25, 0.3) is 0 Å². The normalized spacial score (nSPS) is 18.3. The van der Waals surface area contributed by atoms with Gasteiger partial charge < -0.3 is 14.0 Å². The van der Waals surface area contributed by atoms with Gasteiger partial charge in [0.15, 0.2) is 11.5 Å². The number of aryl methyl sites for hydroxylation is 2. The van der Waals surface area contributed by atoms with Crippen LogP contribution < -0.4 is 9.47 Å². The zero-order chi connectivity index (χ0) is 16.4. The number of aromatic nitrogens is 1. The zero-order valence-corrected chi connectivity index (χ0v) is 14.3. The Balaban J connectivity index is 1.82. The van der Waals surface area contributed by atoms with Crippen molar-refractivity contribution in [1.82, 2.24) is 10.1 Å². The quantitative estimate of drug-likeness (QED) is 0.842. The summed E-state index contributed by atoms with van der Waals surface area (Å²) in [5.74, 6) is 2.48. The first-order valence-electron chi connectivity index (χ1n) is 8.01. The lowest BCUT2D eigenvalue weighted by atomic mass is 10.0. The van der Waals surface area contributed by atoms with Crippen molar-refractivity contribution in [2.45, 2.75) is 39.3 Å². The highest BCUT2D eigenvalue weighted by molar-refractivity contribution is 5.43. The molecule has 5 nitrogen and oxygen atoms in total. The maximum Gasteiger partial charge on any atom is 0.161 e. The number of likely N-dealkylation sites (tertiary alicyclic amines) is 1. The largest absolute Gasteiger partial charge is 0.493 e. The minimum Gasteiger partial charge on any atom is -0.493 e. The van der Waals surface area contributed by atoms with Crippen LogP contribution in [0.5, 0.6) is 11.5 Å². The van der Waals surface area contributed by atoms with Crippen molar-refractivity contribution in [3.63, 3.8) is 0 Å². The van der Waals surface area contributed by atoms with Crippen LogP contribution >= 0.6 is 0 Å². The molecule has 0 spiro atoms. The van der Waals surface area contributed by atoms with Crippen molar-refractivity contribution >= 4 is 0 Å². The van der Waals surface area contributed by atoms with Gasteiger partial charge in [0.25, 0.3) is 0 Å². The average Bonchev–Trinajstić information content (AvgIpc) is 3.13. The van der Waals surface area contributed by atoms with Gasteiger partial charge >= 0.3 is 0 Å². The lowest BCUT2D eigenvalue weighted by molar-refractivity contribution is 0.245.